The second-order valence-electron chi connectivity index (χ2n) is 12.1. The van der Waals surface area contributed by atoms with Gasteiger partial charge in [-0.3, -0.25) is 19.9 Å². The van der Waals surface area contributed by atoms with Gasteiger partial charge in [0.05, 0.1) is 0 Å². The summed E-state index contributed by atoms with van der Waals surface area (Å²) in [7, 11) is -3.12. The van der Waals surface area contributed by atoms with Crippen LogP contribution in [0.15, 0.2) is 158 Å². The van der Waals surface area contributed by atoms with Crippen molar-refractivity contribution in [3.05, 3.63) is 170 Å². The minimum absolute atomic E-state index is 0. The molecule has 0 bridgehead atoms. The molecule has 0 fully saturated rings. The largest absolute Gasteiger partial charge is 0.266 e. The molecule has 4 nitrogen and oxygen atoms in total. The van der Waals surface area contributed by atoms with Gasteiger partial charge in [0.15, 0.2) is 0 Å². The van der Waals surface area contributed by atoms with Crippen molar-refractivity contribution in [1.29, 1.82) is 0 Å². The molecule has 4 aromatic heterocycles. The Hall–Kier alpha value is -3.49. The van der Waals surface area contributed by atoms with Crippen LogP contribution >= 0.6 is 0 Å². The summed E-state index contributed by atoms with van der Waals surface area (Å²) >= 11 is 0. The van der Waals surface area contributed by atoms with Crippen molar-refractivity contribution in [1.82, 2.24) is 19.9 Å². The molecule has 0 amide bonds. The summed E-state index contributed by atoms with van der Waals surface area (Å²) < 4.78 is 0. The van der Waals surface area contributed by atoms with E-state index in [0.29, 0.717) is 0 Å². The Bertz CT molecular complexity index is 1490. The molecule has 0 aliphatic carbocycles. The smallest absolute Gasteiger partial charge is 0.137 e. The molecule has 6 aromatic rings. The number of aromatic nitrogens is 4. The van der Waals surface area contributed by atoms with Crippen LogP contribution in [0.5, 0.6) is 0 Å². The van der Waals surface area contributed by atoms with Crippen LogP contribution in [0.25, 0.3) is 0 Å². The zero-order valence-electron chi connectivity index (χ0n) is 26.6. The first kappa shape index (κ1) is 37.0. The maximum absolute atomic E-state index is 4.68. The molecule has 0 saturated heterocycles. The second-order valence-corrected chi connectivity index (χ2v) is 19.2. The molecule has 0 spiro atoms. The Kier molecular flexibility index (Phi) is 14.0. The van der Waals surface area contributed by atoms with Crippen LogP contribution in [-0.2, 0) is 44.2 Å². The van der Waals surface area contributed by atoms with Crippen molar-refractivity contribution in [2.24, 2.45) is 0 Å². The molecule has 0 aliphatic heterocycles. The Balaban J connectivity index is 0.000000240. The molecule has 2 unspecified atom stereocenters. The third kappa shape index (κ3) is 8.86. The van der Waals surface area contributed by atoms with E-state index in [-0.39, 0.29) is 44.2 Å². The molecule has 242 valence electrons. The molecule has 46 heavy (non-hydrogen) atoms. The summed E-state index contributed by atoms with van der Waals surface area (Å²) in [5.74, 6) is 0. The van der Waals surface area contributed by atoms with E-state index in [9.17, 15) is 0 Å². The van der Waals surface area contributed by atoms with E-state index in [2.05, 4.69) is 157 Å². The van der Waals surface area contributed by atoms with Gasteiger partial charge in [-0.25, -0.2) is 0 Å². The molecule has 2 radical (unpaired) electrons. The third-order valence-corrected chi connectivity index (χ3v) is 15.8. The van der Waals surface area contributed by atoms with Crippen LogP contribution in [0, 0.1) is 0 Å². The average molecular weight is 736 g/mol. The van der Waals surface area contributed by atoms with Crippen LogP contribution in [-0.4, -0.2) is 37.5 Å². The maximum atomic E-state index is 4.68. The van der Waals surface area contributed by atoms with Gasteiger partial charge in [-0.15, -0.1) is 0 Å². The summed E-state index contributed by atoms with van der Waals surface area (Å²) in [5.41, 5.74) is 2.28. The predicted molar refractivity (Wildman–Crippen MR) is 189 cm³/mol. The summed E-state index contributed by atoms with van der Waals surface area (Å²) in [6.07, 6.45) is 7.55. The fraction of sp³-hybridized carbons (Fsp3) is 0.158. The van der Waals surface area contributed by atoms with E-state index in [0.717, 1.165) is 11.4 Å². The Morgan fingerprint density at radius 1 is 0.370 bits per heavy atom. The quantitative estimate of drug-likeness (QED) is 0.214. The monoisotopic (exact) mass is 734 g/mol. The van der Waals surface area contributed by atoms with Crippen molar-refractivity contribution < 1.29 is 34.1 Å². The third-order valence-electron chi connectivity index (χ3n) is 8.33. The Morgan fingerprint density at radius 3 is 0.957 bits per heavy atom. The Morgan fingerprint density at radius 2 is 0.674 bits per heavy atom. The normalized spacial score (nSPS) is 12.3. The van der Waals surface area contributed by atoms with Gasteiger partial charge in [0.1, 0.15) is 17.6 Å². The number of pyridine rings is 4. The fourth-order valence-electron chi connectivity index (χ4n) is 6.08. The van der Waals surface area contributed by atoms with Crippen molar-refractivity contribution in [2.75, 3.05) is 0 Å². The summed E-state index contributed by atoms with van der Waals surface area (Å²) in [6, 6.07) is 46.3. The molecule has 0 aliphatic rings. The maximum Gasteiger partial charge on any atom is 0.137 e. The second kappa shape index (κ2) is 17.4. The van der Waals surface area contributed by atoms with Crippen LogP contribution in [0.2, 0.25) is 0 Å². The molecule has 2 atom stereocenters. The molecule has 2 aromatic carbocycles. The van der Waals surface area contributed by atoms with E-state index < -0.39 is 17.6 Å². The minimum atomic E-state index is -1.56. The summed E-state index contributed by atoms with van der Waals surface area (Å²) in [4.78, 5) is 18.6. The first-order valence-electron chi connectivity index (χ1n) is 15.1. The summed E-state index contributed by atoms with van der Waals surface area (Å²) in [6.45, 7) is 9.20. The molecule has 4 heterocycles. The van der Waals surface area contributed by atoms with Gasteiger partial charge >= 0.3 is 0 Å². The first-order chi connectivity index (χ1) is 21.4. The summed E-state index contributed by atoms with van der Waals surface area (Å²) in [5, 5.41) is 5.19. The SMILES string of the molecule is CC(C)(c1ccccn1)[SiH](c1ccccc1)c1ccccn1.CC(C)(c1ccccn1)[SiH](c1ccccc1)c1ccccn1.[Cu].[Cu]. The molecule has 0 saturated carbocycles. The topological polar surface area (TPSA) is 51.6 Å². The fourth-order valence-corrected chi connectivity index (χ4v) is 13.1. The van der Waals surface area contributed by atoms with Crippen LogP contribution < -0.4 is 21.0 Å². The van der Waals surface area contributed by atoms with Gasteiger partial charge in [-0.2, -0.15) is 0 Å². The standard InChI is InChI=1S/2C19H20N2Si.2Cu/c2*1-19(2,17-12-6-8-14-20-17)22(16-10-4-3-5-11-16)18-13-7-9-15-21-18;;/h2*3-15,22H,1-2H3;;. The van der Waals surface area contributed by atoms with E-state index in [1.807, 2.05) is 49.1 Å². The molecule has 0 N–H and O–H groups in total. The Labute approximate surface area is 298 Å². The zero-order valence-corrected chi connectivity index (χ0v) is 30.8. The molecular formula is C38H40Cu2N4Si2. The van der Waals surface area contributed by atoms with Crippen LogP contribution in [0.4, 0.5) is 0 Å². The van der Waals surface area contributed by atoms with Gasteiger partial charge in [-0.05, 0) is 48.5 Å². The first-order valence-corrected chi connectivity index (χ1v) is 18.6. The number of hydrogen-bond donors (Lipinski definition) is 0. The number of rotatable bonds is 8. The van der Waals surface area contributed by atoms with Gasteiger partial charge < -0.3 is 0 Å². The van der Waals surface area contributed by atoms with Crippen molar-refractivity contribution in [3.63, 3.8) is 0 Å². The van der Waals surface area contributed by atoms with E-state index >= 15 is 0 Å². The zero-order chi connectivity index (χ0) is 30.8. The number of benzene rings is 2. The molecule has 6 rings (SSSR count). The van der Waals surface area contributed by atoms with Gasteiger partial charge in [-0.1, -0.05) is 123 Å². The van der Waals surface area contributed by atoms with Gasteiger partial charge in [0.25, 0.3) is 0 Å². The van der Waals surface area contributed by atoms with Gasteiger partial charge in [0.2, 0.25) is 0 Å². The van der Waals surface area contributed by atoms with E-state index in [4.69, 9.17) is 0 Å². The number of hydrogen-bond acceptors (Lipinski definition) is 4. The van der Waals surface area contributed by atoms with Crippen molar-refractivity contribution in [3.8, 4) is 0 Å². The van der Waals surface area contributed by atoms with Crippen LogP contribution in [0.1, 0.15) is 39.1 Å². The number of nitrogens with zero attached hydrogens (tertiary/aromatic N) is 4. The average Bonchev–Trinajstić information content (AvgIpc) is 3.08. The van der Waals surface area contributed by atoms with Crippen molar-refractivity contribution in [2.45, 2.75) is 37.8 Å². The predicted octanol–water partition coefficient (Wildman–Crippen LogP) is 4.66. The van der Waals surface area contributed by atoms with E-state index in [1.54, 1.807) is 0 Å². The minimum Gasteiger partial charge on any atom is -0.266 e. The van der Waals surface area contributed by atoms with Crippen molar-refractivity contribution >= 4 is 38.6 Å². The van der Waals surface area contributed by atoms with Gasteiger partial charge in [0, 0.05) is 91.0 Å². The molecule has 8 heteroatoms. The van der Waals surface area contributed by atoms with E-state index in [1.165, 1.54) is 21.0 Å². The molecular weight excluding hydrogens is 696 g/mol. The van der Waals surface area contributed by atoms with Crippen LogP contribution in [0.3, 0.4) is 0 Å².